The van der Waals surface area contributed by atoms with Gasteiger partial charge in [-0.2, -0.15) is 0 Å². The van der Waals surface area contributed by atoms with E-state index in [9.17, 15) is 0 Å². The van der Waals surface area contributed by atoms with Gasteiger partial charge in [-0.05, 0) is 156 Å². The Morgan fingerprint density at radius 2 is 0.643 bits per heavy atom. The van der Waals surface area contributed by atoms with Crippen LogP contribution in [0.3, 0.4) is 0 Å². The molecule has 1 aliphatic carbocycles. The monoisotopic (exact) mass is 1260 g/mol. The molecule has 0 amide bonds. The summed E-state index contributed by atoms with van der Waals surface area (Å²) in [7, 11) is 0. The first-order chi connectivity index (χ1) is 47.5. The zero-order valence-corrected chi connectivity index (χ0v) is 57.3. The summed E-state index contributed by atoms with van der Waals surface area (Å²) in [5.41, 5.74) is 34.4. The van der Waals surface area contributed by atoms with Gasteiger partial charge in [0.2, 0.25) is 0 Å². The number of para-hydroxylation sites is 3. The van der Waals surface area contributed by atoms with Crippen molar-refractivity contribution in [3.05, 3.63) is 336 Å². The lowest BCUT2D eigenvalue weighted by Gasteiger charge is -2.47. The van der Waals surface area contributed by atoms with Crippen LogP contribution in [0.5, 0.6) is 0 Å². The topological polar surface area (TPSA) is 16.3 Å². The smallest absolute Gasteiger partial charge is 0.0618 e. The molecule has 2 aromatic heterocycles. The minimum Gasteiger partial charge on any atom is -0.313 e. The molecule has 0 spiro atoms. The molecular formula is C94H78N4. The second kappa shape index (κ2) is 22.2. The first-order valence-electron chi connectivity index (χ1n) is 34.9. The van der Waals surface area contributed by atoms with E-state index >= 15 is 0 Å². The summed E-state index contributed by atoms with van der Waals surface area (Å²) in [6.07, 6.45) is 0.847. The van der Waals surface area contributed by atoms with Crippen LogP contribution in [0.15, 0.2) is 291 Å². The third-order valence-electron chi connectivity index (χ3n) is 21.4. The van der Waals surface area contributed by atoms with Gasteiger partial charge in [-0.25, -0.2) is 0 Å². The molecule has 4 heterocycles. The lowest BCUT2D eigenvalue weighted by atomic mass is 9.73. The van der Waals surface area contributed by atoms with Gasteiger partial charge in [-0.15, -0.1) is 0 Å². The highest BCUT2D eigenvalue weighted by molar-refractivity contribution is 6.11. The van der Waals surface area contributed by atoms with Crippen LogP contribution in [0.4, 0.5) is 34.1 Å². The van der Waals surface area contributed by atoms with Crippen molar-refractivity contribution < 1.29 is 0 Å². The Balaban J connectivity index is 1.03. The van der Waals surface area contributed by atoms with Gasteiger partial charge in [0.15, 0.2) is 0 Å². The largest absolute Gasteiger partial charge is 0.313 e. The quantitative estimate of drug-likeness (QED) is 0.151. The second-order valence-corrected chi connectivity index (χ2v) is 30.5. The molecule has 0 saturated heterocycles. The molecule has 18 rings (SSSR count). The standard InChI is InChI=1S/C94H78N4/c1-92(2,3)64-51-75(59-30-14-10-15-31-59)90(76(52-64)60-32-16-11-17-33-60)97-82-57-67(95-79-43-27-24-40-70(79)71-41-25-28-44-80(71)95)46-48-73(82)88-74-49-47-68(96-81-45-29-26-42-72(81)87-69-39-23-22-38-63(69)50-84(87)96)58-83(74)98(86-56-66(94(7,8)9)55-85(97)89(86)88)91-77(61-34-18-12-19-35-61)53-65(93(4,5)6)54-78(91)62-36-20-13-21-37-62/h10-49,51-58,88H,50H2,1-9H3. The maximum Gasteiger partial charge on any atom is 0.0618 e. The van der Waals surface area contributed by atoms with E-state index in [1.807, 2.05) is 0 Å². The molecule has 13 aromatic carbocycles. The average molecular weight is 1260 g/mol. The Bertz CT molecular complexity index is 5530. The fraction of sp³-hybridized carbons (Fsp3) is 0.149. The van der Waals surface area contributed by atoms with Crippen molar-refractivity contribution in [2.24, 2.45) is 0 Å². The Hall–Kier alpha value is -11.2. The molecule has 4 nitrogen and oxygen atoms in total. The summed E-state index contributed by atoms with van der Waals surface area (Å²) in [6, 6.07) is 111. The molecule has 1 unspecified atom stereocenters. The number of hydrogen-bond acceptors (Lipinski definition) is 2. The highest BCUT2D eigenvalue weighted by Crippen LogP contribution is 2.65. The minimum absolute atomic E-state index is 0.180. The Morgan fingerprint density at radius 3 is 1.06 bits per heavy atom. The van der Waals surface area contributed by atoms with E-state index < -0.39 is 0 Å². The molecule has 15 aromatic rings. The van der Waals surface area contributed by atoms with Crippen molar-refractivity contribution in [2.45, 2.75) is 90.9 Å². The first-order valence-corrected chi connectivity index (χ1v) is 34.9. The van der Waals surface area contributed by atoms with Crippen LogP contribution >= 0.6 is 0 Å². The minimum atomic E-state index is -0.313. The normalized spacial score (nSPS) is 14.0. The number of rotatable bonds is 8. The van der Waals surface area contributed by atoms with E-state index in [1.54, 1.807) is 0 Å². The van der Waals surface area contributed by atoms with Gasteiger partial charge >= 0.3 is 0 Å². The van der Waals surface area contributed by atoms with Crippen molar-refractivity contribution in [2.75, 3.05) is 9.80 Å². The molecular weight excluding hydrogens is 1190 g/mol. The number of nitrogens with zero attached hydrogens (tertiary/aromatic N) is 4. The Kier molecular flexibility index (Phi) is 13.4. The molecule has 2 aliphatic heterocycles. The van der Waals surface area contributed by atoms with Crippen LogP contribution in [-0.2, 0) is 22.7 Å². The van der Waals surface area contributed by atoms with Crippen LogP contribution in [0, 0.1) is 0 Å². The third kappa shape index (κ3) is 9.32. The van der Waals surface area contributed by atoms with E-state index in [0.717, 1.165) is 40.5 Å². The van der Waals surface area contributed by atoms with Crippen molar-refractivity contribution in [1.29, 1.82) is 0 Å². The maximum absolute atomic E-state index is 2.75. The summed E-state index contributed by atoms with van der Waals surface area (Å²) in [5, 5.41) is 3.75. The number of anilines is 6. The van der Waals surface area contributed by atoms with Crippen LogP contribution in [0.1, 0.15) is 113 Å². The van der Waals surface area contributed by atoms with E-state index in [2.05, 4.69) is 372 Å². The summed E-state index contributed by atoms with van der Waals surface area (Å²) in [4.78, 5) is 5.48. The van der Waals surface area contributed by atoms with Crippen LogP contribution < -0.4 is 9.80 Å². The summed E-state index contributed by atoms with van der Waals surface area (Å²) in [5.74, 6) is -0.215. The molecule has 0 fully saturated rings. The predicted molar refractivity (Wildman–Crippen MR) is 414 cm³/mol. The zero-order valence-electron chi connectivity index (χ0n) is 57.3. The van der Waals surface area contributed by atoms with Crippen molar-refractivity contribution in [1.82, 2.24) is 9.13 Å². The van der Waals surface area contributed by atoms with E-state index in [4.69, 9.17) is 0 Å². The average Bonchev–Trinajstić information content (AvgIpc) is 0.742. The number of hydrogen-bond donors (Lipinski definition) is 0. The SMILES string of the molecule is CC(C)(C)c1cc(-c2ccccc2)c(N2c3cc(-n4c5c(c6ccccc64)-c4ccccc4C5)ccc3C3c4ccc(-n5c6ccccc6c6ccccc65)cc4N(c4c(-c5ccccc5)cc(C(C)(C)C)cc4-c4ccccc4)c4cc(C(C)(C)C)cc2c43)c(-c2ccccc2)c1. The van der Waals surface area contributed by atoms with Crippen molar-refractivity contribution in [3.63, 3.8) is 0 Å². The molecule has 1 atom stereocenters. The third-order valence-corrected chi connectivity index (χ3v) is 21.4. The molecule has 3 aliphatic rings. The van der Waals surface area contributed by atoms with Crippen molar-refractivity contribution >= 4 is 66.8 Å². The van der Waals surface area contributed by atoms with Gasteiger partial charge in [-0.1, -0.05) is 275 Å². The number of aromatic nitrogens is 2. The second-order valence-electron chi connectivity index (χ2n) is 30.5. The Labute approximate surface area is 576 Å². The molecule has 0 N–H and O–H groups in total. The van der Waals surface area contributed by atoms with Crippen LogP contribution in [-0.4, -0.2) is 9.13 Å². The maximum atomic E-state index is 2.75. The van der Waals surface area contributed by atoms with Gasteiger partial charge in [0.05, 0.1) is 50.7 Å². The fourth-order valence-electron chi connectivity index (χ4n) is 16.5. The van der Waals surface area contributed by atoms with Crippen LogP contribution in [0.2, 0.25) is 0 Å². The fourth-order valence-corrected chi connectivity index (χ4v) is 16.5. The first kappa shape index (κ1) is 59.3. The zero-order chi connectivity index (χ0) is 66.5. The van der Waals surface area contributed by atoms with Crippen molar-refractivity contribution in [3.8, 4) is 67.0 Å². The van der Waals surface area contributed by atoms with E-state index in [1.165, 1.54) is 144 Å². The molecule has 474 valence electrons. The van der Waals surface area contributed by atoms with Gasteiger partial charge in [0.25, 0.3) is 0 Å². The van der Waals surface area contributed by atoms with Gasteiger partial charge < -0.3 is 18.9 Å². The summed E-state index contributed by atoms with van der Waals surface area (Å²) in [6.45, 7) is 21.4. The molecule has 4 heteroatoms. The highest BCUT2D eigenvalue weighted by atomic mass is 15.2. The highest BCUT2D eigenvalue weighted by Gasteiger charge is 2.45. The lowest BCUT2D eigenvalue weighted by molar-refractivity contribution is 0.589. The molecule has 0 saturated carbocycles. The lowest BCUT2D eigenvalue weighted by Crippen LogP contribution is -2.31. The number of benzene rings is 13. The summed E-state index contributed by atoms with van der Waals surface area (Å²) < 4.78 is 5.10. The predicted octanol–water partition coefficient (Wildman–Crippen LogP) is 25.6. The number of fused-ring (bicyclic) bond motifs is 12. The van der Waals surface area contributed by atoms with E-state index in [-0.39, 0.29) is 22.2 Å². The van der Waals surface area contributed by atoms with Crippen LogP contribution in [0.25, 0.3) is 99.7 Å². The molecule has 0 radical (unpaired) electrons. The summed E-state index contributed by atoms with van der Waals surface area (Å²) >= 11 is 0. The van der Waals surface area contributed by atoms with Gasteiger partial charge in [0, 0.05) is 78.9 Å². The van der Waals surface area contributed by atoms with Gasteiger partial charge in [0.1, 0.15) is 0 Å². The van der Waals surface area contributed by atoms with Gasteiger partial charge in [-0.3, -0.25) is 0 Å². The molecule has 98 heavy (non-hydrogen) atoms. The molecule has 0 bridgehead atoms. The van der Waals surface area contributed by atoms with E-state index in [0.29, 0.717) is 0 Å². The Morgan fingerprint density at radius 1 is 0.296 bits per heavy atom.